The number of amides is 1. The maximum Gasteiger partial charge on any atom is 0.303 e. The molecule has 5 atom stereocenters. The molecule has 0 radical (unpaired) electrons. The minimum Gasteiger partial charge on any atom is -0.496 e. The standard InChI is InChI=1S/C25H27NO11S2/c1-12(27)33-11-18-20(34-13(2)28)21(35-14(3)29)22(36-15(4)30)24(37-18)26-23(31)19(39-25(26)38)10-16-8-6-7-9-17(16)32-5/h6-10,18,20-22,24H,11H2,1-5H3/b19-10+/t18-,20+,21+,22-,24-/m1/s1. The first kappa shape index (κ1) is 30.1. The Morgan fingerprint density at radius 3 is 2.13 bits per heavy atom. The van der Waals surface area contributed by atoms with E-state index in [1.807, 2.05) is 0 Å². The summed E-state index contributed by atoms with van der Waals surface area (Å²) in [5.41, 5.74) is 0.613. The van der Waals surface area contributed by atoms with Gasteiger partial charge >= 0.3 is 23.9 Å². The van der Waals surface area contributed by atoms with Gasteiger partial charge in [-0.25, -0.2) is 0 Å². The van der Waals surface area contributed by atoms with Gasteiger partial charge in [0.25, 0.3) is 5.91 Å². The van der Waals surface area contributed by atoms with Gasteiger partial charge in [0, 0.05) is 33.3 Å². The third-order valence-electron chi connectivity index (χ3n) is 5.47. The molecule has 2 aliphatic heterocycles. The van der Waals surface area contributed by atoms with Crippen LogP contribution in [0, 0.1) is 0 Å². The molecule has 0 aliphatic carbocycles. The van der Waals surface area contributed by atoms with Crippen LogP contribution in [0.25, 0.3) is 6.08 Å². The normalized spacial score (nSPS) is 25.7. The average Bonchev–Trinajstić information content (AvgIpc) is 3.12. The monoisotopic (exact) mass is 581 g/mol. The fourth-order valence-electron chi connectivity index (χ4n) is 4.04. The summed E-state index contributed by atoms with van der Waals surface area (Å²) in [6, 6.07) is 7.03. The first-order chi connectivity index (χ1) is 18.4. The van der Waals surface area contributed by atoms with Crippen molar-refractivity contribution >= 4 is 64.2 Å². The van der Waals surface area contributed by atoms with Crippen LogP contribution in [0.15, 0.2) is 29.2 Å². The first-order valence-electron chi connectivity index (χ1n) is 11.6. The molecule has 1 aromatic carbocycles. The van der Waals surface area contributed by atoms with Gasteiger partial charge in [-0.2, -0.15) is 0 Å². The largest absolute Gasteiger partial charge is 0.496 e. The lowest BCUT2D eigenvalue weighted by molar-refractivity contribution is -0.268. The Kier molecular flexibility index (Phi) is 10.1. The number of esters is 4. The van der Waals surface area contributed by atoms with Crippen LogP contribution in [0.2, 0.25) is 0 Å². The van der Waals surface area contributed by atoms with Crippen molar-refractivity contribution in [2.75, 3.05) is 13.7 Å². The van der Waals surface area contributed by atoms with Crippen LogP contribution in [0.5, 0.6) is 5.75 Å². The molecule has 210 valence electrons. The molecule has 1 aromatic rings. The van der Waals surface area contributed by atoms with Gasteiger partial charge in [-0.15, -0.1) is 0 Å². The summed E-state index contributed by atoms with van der Waals surface area (Å²) in [4.78, 5) is 62.6. The summed E-state index contributed by atoms with van der Waals surface area (Å²) in [5, 5.41) is 0. The second-order valence-corrected chi connectivity index (χ2v) is 10.1. The molecular formula is C25H27NO11S2. The van der Waals surface area contributed by atoms with Crippen LogP contribution in [-0.4, -0.2) is 83.4 Å². The fraction of sp³-hybridized carbons (Fsp3) is 0.440. The van der Waals surface area contributed by atoms with Crippen LogP contribution in [0.4, 0.5) is 0 Å². The predicted octanol–water partition coefficient (Wildman–Crippen LogP) is 1.98. The highest BCUT2D eigenvalue weighted by Gasteiger charge is 2.56. The summed E-state index contributed by atoms with van der Waals surface area (Å²) >= 11 is 6.46. The molecule has 0 saturated carbocycles. The lowest BCUT2D eigenvalue weighted by atomic mass is 9.96. The molecule has 12 nitrogen and oxygen atoms in total. The van der Waals surface area contributed by atoms with Gasteiger partial charge in [0.2, 0.25) is 0 Å². The van der Waals surface area contributed by atoms with Gasteiger partial charge < -0.3 is 28.4 Å². The van der Waals surface area contributed by atoms with E-state index in [-0.39, 0.29) is 9.23 Å². The van der Waals surface area contributed by atoms with Crippen molar-refractivity contribution in [3.63, 3.8) is 0 Å². The smallest absolute Gasteiger partial charge is 0.303 e. The third kappa shape index (κ3) is 7.34. The lowest BCUT2D eigenvalue weighted by Crippen LogP contribution is -2.66. The number of carbonyl (C=O) groups is 5. The van der Waals surface area contributed by atoms with Gasteiger partial charge in [-0.3, -0.25) is 28.9 Å². The topological polar surface area (TPSA) is 144 Å². The van der Waals surface area contributed by atoms with Crippen molar-refractivity contribution in [1.82, 2.24) is 4.90 Å². The van der Waals surface area contributed by atoms with E-state index in [9.17, 15) is 24.0 Å². The molecule has 0 spiro atoms. The molecule has 0 unspecified atom stereocenters. The highest BCUT2D eigenvalue weighted by atomic mass is 32.2. The van der Waals surface area contributed by atoms with Gasteiger partial charge in [-0.05, 0) is 12.1 Å². The van der Waals surface area contributed by atoms with Crippen LogP contribution in [0.1, 0.15) is 33.3 Å². The number of carbonyl (C=O) groups excluding carboxylic acids is 5. The Morgan fingerprint density at radius 2 is 1.54 bits per heavy atom. The van der Waals surface area contributed by atoms with Crippen molar-refractivity contribution in [2.24, 2.45) is 0 Å². The highest BCUT2D eigenvalue weighted by Crippen LogP contribution is 2.40. The number of rotatable bonds is 8. The average molecular weight is 582 g/mol. The minimum absolute atomic E-state index is 0.0575. The van der Waals surface area contributed by atoms with E-state index >= 15 is 0 Å². The number of thioether (sulfide) groups is 1. The summed E-state index contributed by atoms with van der Waals surface area (Å²) in [6.45, 7) is 4.07. The Labute approximate surface area is 233 Å². The number of ether oxygens (including phenoxy) is 6. The third-order valence-corrected chi connectivity index (χ3v) is 6.80. The number of hydrogen-bond donors (Lipinski definition) is 0. The zero-order chi connectivity index (χ0) is 28.9. The zero-order valence-corrected chi connectivity index (χ0v) is 23.4. The molecule has 2 saturated heterocycles. The van der Waals surface area contributed by atoms with Crippen molar-refractivity contribution in [3.05, 3.63) is 34.7 Å². The molecule has 0 bridgehead atoms. The van der Waals surface area contributed by atoms with E-state index in [0.717, 1.165) is 44.4 Å². The van der Waals surface area contributed by atoms with E-state index in [2.05, 4.69) is 0 Å². The van der Waals surface area contributed by atoms with Gasteiger partial charge in [0.15, 0.2) is 28.9 Å². The minimum atomic E-state index is -1.46. The second-order valence-electron chi connectivity index (χ2n) is 8.38. The van der Waals surface area contributed by atoms with Crippen LogP contribution >= 0.6 is 24.0 Å². The Hall–Kier alpha value is -3.49. The van der Waals surface area contributed by atoms with E-state index in [4.69, 9.17) is 40.6 Å². The molecule has 14 heteroatoms. The van der Waals surface area contributed by atoms with Gasteiger partial charge in [-0.1, -0.05) is 42.2 Å². The Bertz CT molecular complexity index is 1200. The van der Waals surface area contributed by atoms with Crippen molar-refractivity contribution in [3.8, 4) is 5.75 Å². The molecule has 3 rings (SSSR count). The van der Waals surface area contributed by atoms with E-state index < -0.39 is 67.0 Å². The number of nitrogens with zero attached hydrogens (tertiary/aromatic N) is 1. The van der Waals surface area contributed by atoms with E-state index in [0.29, 0.717) is 11.3 Å². The van der Waals surface area contributed by atoms with E-state index in [1.165, 1.54) is 7.11 Å². The molecular weight excluding hydrogens is 554 g/mol. The van der Waals surface area contributed by atoms with Crippen LogP contribution in [0.3, 0.4) is 0 Å². The molecule has 0 N–H and O–H groups in total. The molecule has 2 heterocycles. The molecule has 39 heavy (non-hydrogen) atoms. The van der Waals surface area contributed by atoms with Gasteiger partial charge in [0.1, 0.15) is 18.5 Å². The number of para-hydroxylation sites is 1. The number of hydrogen-bond acceptors (Lipinski definition) is 13. The summed E-state index contributed by atoms with van der Waals surface area (Å²) in [7, 11) is 1.50. The zero-order valence-electron chi connectivity index (χ0n) is 21.7. The number of benzene rings is 1. The first-order valence-corrected chi connectivity index (χ1v) is 12.9. The van der Waals surface area contributed by atoms with Crippen molar-refractivity contribution in [1.29, 1.82) is 0 Å². The van der Waals surface area contributed by atoms with E-state index in [1.54, 1.807) is 30.3 Å². The summed E-state index contributed by atoms with van der Waals surface area (Å²) in [6.07, 6.45) is -5.31. The molecule has 0 aromatic heterocycles. The van der Waals surface area contributed by atoms with Crippen LogP contribution in [-0.2, 0) is 47.7 Å². The van der Waals surface area contributed by atoms with Crippen LogP contribution < -0.4 is 4.74 Å². The number of methoxy groups -OCH3 is 1. The SMILES string of the molecule is COc1ccccc1/C=C1/SC(=S)N([C@@H]2O[C@H](COC(C)=O)[C@H](OC(C)=O)[C@H](OC(C)=O)[C@H]2OC(C)=O)C1=O. The summed E-state index contributed by atoms with van der Waals surface area (Å²) < 4.78 is 32.8. The van der Waals surface area contributed by atoms with Gasteiger partial charge in [0.05, 0.1) is 12.0 Å². The van der Waals surface area contributed by atoms with Crippen molar-refractivity contribution in [2.45, 2.75) is 58.3 Å². The Balaban J connectivity index is 2.07. The predicted molar refractivity (Wildman–Crippen MR) is 140 cm³/mol. The molecule has 2 fully saturated rings. The quantitative estimate of drug-likeness (QED) is 0.191. The maximum absolute atomic E-state index is 13.6. The Morgan fingerprint density at radius 1 is 0.949 bits per heavy atom. The highest BCUT2D eigenvalue weighted by molar-refractivity contribution is 8.26. The fourth-order valence-corrected chi connectivity index (χ4v) is 5.34. The summed E-state index contributed by atoms with van der Waals surface area (Å²) in [5.74, 6) is -3.07. The molecule has 2 aliphatic rings. The lowest BCUT2D eigenvalue weighted by Gasteiger charge is -2.46. The number of thiocarbonyl (C=S) groups is 1. The molecule has 1 amide bonds. The van der Waals surface area contributed by atoms with Crippen molar-refractivity contribution < 1.29 is 52.4 Å². The maximum atomic E-state index is 13.6. The second kappa shape index (κ2) is 13.0.